The lowest BCUT2D eigenvalue weighted by molar-refractivity contribution is 0.141. The van der Waals surface area contributed by atoms with Gasteiger partial charge in [0.25, 0.3) is 0 Å². The molecule has 6 heteroatoms. The van der Waals surface area contributed by atoms with Crippen LogP contribution in [0, 0.1) is 11.3 Å². The summed E-state index contributed by atoms with van der Waals surface area (Å²) in [4.78, 5) is 9.79. The van der Waals surface area contributed by atoms with Gasteiger partial charge in [0.15, 0.2) is 5.82 Å². The second kappa shape index (κ2) is 7.51. The second-order valence-corrected chi connectivity index (χ2v) is 7.64. The molecule has 0 bridgehead atoms. The molecule has 0 amide bonds. The van der Waals surface area contributed by atoms with Gasteiger partial charge in [-0.1, -0.05) is 18.6 Å². The maximum absolute atomic E-state index is 9.05. The van der Waals surface area contributed by atoms with Crippen LogP contribution in [-0.4, -0.2) is 46.5 Å². The molecule has 2 fully saturated rings. The Kier molecular flexibility index (Phi) is 4.95. The Labute approximate surface area is 153 Å². The molecular weight excluding hydrogens is 330 g/mol. The van der Waals surface area contributed by atoms with Gasteiger partial charge in [-0.3, -0.25) is 0 Å². The van der Waals surface area contributed by atoms with Crippen molar-refractivity contribution in [3.63, 3.8) is 0 Å². The van der Waals surface area contributed by atoms with Crippen molar-refractivity contribution in [3.8, 4) is 17.5 Å². The van der Waals surface area contributed by atoms with Gasteiger partial charge in [0.05, 0.1) is 11.6 Å². The Morgan fingerprint density at radius 3 is 2.64 bits per heavy atom. The second-order valence-electron chi connectivity index (χ2n) is 6.91. The number of hydrogen-bond donors (Lipinski definition) is 0. The summed E-state index contributed by atoms with van der Waals surface area (Å²) in [6.07, 6.45) is 6.57. The van der Waals surface area contributed by atoms with Gasteiger partial charge in [-0.2, -0.15) is 14.6 Å². The van der Waals surface area contributed by atoms with Crippen LogP contribution >= 0.6 is 11.5 Å². The number of nitriles is 1. The largest absolute Gasteiger partial charge is 0.347 e. The number of hydrogen-bond acceptors (Lipinski definition) is 6. The fourth-order valence-electron chi connectivity index (χ4n) is 3.89. The van der Waals surface area contributed by atoms with E-state index >= 15 is 0 Å². The third-order valence-corrected chi connectivity index (χ3v) is 6.08. The van der Waals surface area contributed by atoms with E-state index in [9.17, 15) is 0 Å². The summed E-state index contributed by atoms with van der Waals surface area (Å²) in [6, 6.07) is 10.4. The summed E-state index contributed by atoms with van der Waals surface area (Å²) in [6.45, 7) is 4.69. The Bertz CT molecular complexity index is 751. The maximum atomic E-state index is 9.05. The monoisotopic (exact) mass is 353 g/mol. The van der Waals surface area contributed by atoms with Crippen molar-refractivity contribution in [3.05, 3.63) is 29.8 Å². The van der Waals surface area contributed by atoms with Crippen LogP contribution in [0.5, 0.6) is 0 Å². The average molecular weight is 353 g/mol. The average Bonchev–Trinajstić information content (AvgIpc) is 3.19. The zero-order valence-electron chi connectivity index (χ0n) is 14.4. The minimum atomic E-state index is 0.649. The molecule has 2 aliphatic heterocycles. The molecule has 2 saturated heterocycles. The summed E-state index contributed by atoms with van der Waals surface area (Å²) in [5, 5.41) is 10.1. The van der Waals surface area contributed by atoms with Gasteiger partial charge in [-0.15, -0.1) is 0 Å². The lowest BCUT2D eigenvalue weighted by Gasteiger charge is -2.40. The standard InChI is InChI=1S/C19H23N5S/c20-14-15-5-4-6-16(13-15)18-21-19(25-22-18)24-11-7-17(8-12-24)23-9-2-1-3-10-23/h4-6,13,17H,1-3,7-12H2. The Morgan fingerprint density at radius 2 is 1.88 bits per heavy atom. The zero-order valence-corrected chi connectivity index (χ0v) is 15.2. The molecule has 2 aromatic rings. The first-order valence-corrected chi connectivity index (χ1v) is 9.94. The van der Waals surface area contributed by atoms with Crippen LogP contribution in [0.2, 0.25) is 0 Å². The number of anilines is 1. The molecule has 25 heavy (non-hydrogen) atoms. The Balaban J connectivity index is 1.40. The number of aromatic nitrogens is 2. The van der Waals surface area contributed by atoms with Crippen molar-refractivity contribution in [1.29, 1.82) is 5.26 Å². The van der Waals surface area contributed by atoms with E-state index in [1.807, 2.05) is 24.3 Å². The zero-order chi connectivity index (χ0) is 17.1. The smallest absolute Gasteiger partial charge is 0.205 e. The van der Waals surface area contributed by atoms with Gasteiger partial charge >= 0.3 is 0 Å². The van der Waals surface area contributed by atoms with Crippen LogP contribution in [0.25, 0.3) is 11.4 Å². The van der Waals surface area contributed by atoms with Crippen molar-refractivity contribution in [2.45, 2.75) is 38.1 Å². The molecule has 4 rings (SSSR count). The van der Waals surface area contributed by atoms with E-state index in [4.69, 9.17) is 10.2 Å². The van der Waals surface area contributed by atoms with Crippen LogP contribution in [-0.2, 0) is 0 Å². The molecule has 0 atom stereocenters. The molecule has 0 radical (unpaired) electrons. The molecule has 2 aliphatic rings. The van der Waals surface area contributed by atoms with E-state index in [2.05, 4.69) is 20.2 Å². The third kappa shape index (κ3) is 3.68. The fourth-order valence-corrected chi connectivity index (χ4v) is 4.63. The molecule has 1 aromatic carbocycles. The minimum Gasteiger partial charge on any atom is -0.347 e. The van der Waals surface area contributed by atoms with Gasteiger partial charge in [-0.25, -0.2) is 0 Å². The summed E-state index contributed by atoms with van der Waals surface area (Å²) >= 11 is 1.47. The van der Waals surface area contributed by atoms with E-state index in [1.54, 1.807) is 0 Å². The minimum absolute atomic E-state index is 0.649. The lowest BCUT2D eigenvalue weighted by Crippen LogP contribution is -2.46. The highest BCUT2D eigenvalue weighted by Gasteiger charge is 2.27. The number of benzene rings is 1. The first-order valence-electron chi connectivity index (χ1n) is 9.17. The highest BCUT2D eigenvalue weighted by atomic mass is 32.1. The highest BCUT2D eigenvalue weighted by Crippen LogP contribution is 2.28. The maximum Gasteiger partial charge on any atom is 0.205 e. The molecular formula is C19H23N5S. The predicted octanol–water partition coefficient (Wildman–Crippen LogP) is 3.53. The molecule has 0 spiro atoms. The van der Waals surface area contributed by atoms with Crippen LogP contribution in [0.1, 0.15) is 37.7 Å². The molecule has 0 saturated carbocycles. The van der Waals surface area contributed by atoms with Crippen molar-refractivity contribution in [2.24, 2.45) is 0 Å². The van der Waals surface area contributed by atoms with Gasteiger partial charge in [-0.05, 0) is 50.9 Å². The summed E-state index contributed by atoms with van der Waals surface area (Å²) in [5.74, 6) is 0.732. The molecule has 0 unspecified atom stereocenters. The summed E-state index contributed by atoms with van der Waals surface area (Å²) in [7, 11) is 0. The number of likely N-dealkylation sites (tertiary alicyclic amines) is 1. The molecule has 0 N–H and O–H groups in total. The van der Waals surface area contributed by atoms with E-state index in [0.717, 1.165) is 35.7 Å². The van der Waals surface area contributed by atoms with Crippen LogP contribution in [0.15, 0.2) is 24.3 Å². The molecule has 130 valence electrons. The number of piperidine rings is 2. The van der Waals surface area contributed by atoms with Crippen molar-refractivity contribution in [1.82, 2.24) is 14.3 Å². The molecule has 1 aromatic heterocycles. The van der Waals surface area contributed by atoms with Crippen molar-refractivity contribution in [2.75, 3.05) is 31.1 Å². The van der Waals surface area contributed by atoms with E-state index < -0.39 is 0 Å². The van der Waals surface area contributed by atoms with Crippen molar-refractivity contribution >= 4 is 16.7 Å². The van der Waals surface area contributed by atoms with E-state index in [1.165, 1.54) is 56.7 Å². The molecule has 0 aliphatic carbocycles. The molecule has 3 heterocycles. The third-order valence-electron chi connectivity index (χ3n) is 5.31. The van der Waals surface area contributed by atoms with Crippen molar-refractivity contribution < 1.29 is 0 Å². The fraction of sp³-hybridized carbons (Fsp3) is 0.526. The SMILES string of the molecule is N#Cc1cccc(-c2nsc(N3CCC(N4CCCCC4)CC3)n2)c1. The summed E-state index contributed by atoms with van der Waals surface area (Å²) in [5.41, 5.74) is 1.57. The van der Waals surface area contributed by atoms with Gasteiger partial charge in [0.2, 0.25) is 5.13 Å². The first-order chi connectivity index (χ1) is 12.3. The van der Waals surface area contributed by atoms with Crippen LogP contribution < -0.4 is 4.90 Å². The first kappa shape index (κ1) is 16.5. The summed E-state index contributed by atoms with van der Waals surface area (Å²) < 4.78 is 4.51. The van der Waals surface area contributed by atoms with Gasteiger partial charge in [0.1, 0.15) is 0 Å². The lowest BCUT2D eigenvalue weighted by atomic mass is 10.0. The van der Waals surface area contributed by atoms with Gasteiger partial charge in [0, 0.05) is 36.2 Å². The van der Waals surface area contributed by atoms with E-state index in [0.29, 0.717) is 5.56 Å². The topological polar surface area (TPSA) is 56.1 Å². The van der Waals surface area contributed by atoms with Crippen LogP contribution in [0.3, 0.4) is 0 Å². The quantitative estimate of drug-likeness (QED) is 0.845. The Hall–Kier alpha value is -1.97. The molecule has 5 nitrogen and oxygen atoms in total. The normalized spacial score (nSPS) is 19.7. The number of rotatable bonds is 3. The van der Waals surface area contributed by atoms with E-state index in [-0.39, 0.29) is 0 Å². The number of nitrogens with zero attached hydrogens (tertiary/aromatic N) is 5. The Morgan fingerprint density at radius 1 is 1.08 bits per heavy atom. The van der Waals surface area contributed by atoms with Crippen LogP contribution in [0.4, 0.5) is 5.13 Å². The van der Waals surface area contributed by atoms with Gasteiger partial charge < -0.3 is 9.80 Å². The predicted molar refractivity (Wildman–Crippen MR) is 101 cm³/mol. The highest BCUT2D eigenvalue weighted by molar-refractivity contribution is 7.09.